The maximum absolute atomic E-state index is 12.5. The van der Waals surface area contributed by atoms with Crippen molar-refractivity contribution in [2.45, 2.75) is 19.3 Å². The van der Waals surface area contributed by atoms with E-state index in [4.69, 9.17) is 0 Å². The molecule has 0 bridgehead atoms. The van der Waals surface area contributed by atoms with Crippen molar-refractivity contribution in [3.05, 3.63) is 54.0 Å². The van der Waals surface area contributed by atoms with Crippen LogP contribution >= 0.6 is 0 Å². The average molecular weight is 320 g/mol. The van der Waals surface area contributed by atoms with E-state index in [0.29, 0.717) is 5.95 Å². The van der Waals surface area contributed by atoms with Gasteiger partial charge in [-0.2, -0.15) is 0 Å². The van der Waals surface area contributed by atoms with Gasteiger partial charge in [0.2, 0.25) is 17.8 Å². The Hall–Kier alpha value is -3.02. The smallest absolute Gasteiger partial charge is 0.238 e. The lowest BCUT2D eigenvalue weighted by Gasteiger charge is -2.13. The van der Waals surface area contributed by atoms with Gasteiger partial charge in [-0.1, -0.05) is 18.2 Å². The number of carbonyl (C=O) groups excluding carboxylic acids is 2. The highest BCUT2D eigenvalue weighted by molar-refractivity contribution is 6.06. The molecule has 0 unspecified atom stereocenters. The normalized spacial score (nSPS) is 17.9. The summed E-state index contributed by atoms with van der Waals surface area (Å²) in [5, 5.41) is 1.01. The van der Waals surface area contributed by atoms with E-state index in [-0.39, 0.29) is 18.2 Å². The van der Waals surface area contributed by atoms with E-state index in [1.54, 1.807) is 18.5 Å². The molecule has 0 N–H and O–H groups in total. The Morgan fingerprint density at radius 1 is 1.12 bits per heavy atom. The summed E-state index contributed by atoms with van der Waals surface area (Å²) >= 11 is 0. The van der Waals surface area contributed by atoms with Crippen LogP contribution in [0.5, 0.6) is 0 Å². The molecule has 6 heteroatoms. The number of hydrogen-bond acceptors (Lipinski definition) is 4. The van der Waals surface area contributed by atoms with Gasteiger partial charge in [-0.05, 0) is 24.6 Å². The molecule has 1 atom stereocenters. The maximum atomic E-state index is 12.5. The maximum Gasteiger partial charge on any atom is 0.238 e. The van der Waals surface area contributed by atoms with E-state index in [0.717, 1.165) is 22.2 Å². The summed E-state index contributed by atoms with van der Waals surface area (Å²) in [6.45, 7) is 2.01. The molecule has 1 aliphatic rings. The van der Waals surface area contributed by atoms with Crippen LogP contribution in [0.2, 0.25) is 0 Å². The highest BCUT2D eigenvalue weighted by Crippen LogP contribution is 2.35. The molecule has 1 saturated heterocycles. The number of hydrogen-bond donors (Lipinski definition) is 0. The van der Waals surface area contributed by atoms with Gasteiger partial charge >= 0.3 is 0 Å². The Morgan fingerprint density at radius 2 is 1.88 bits per heavy atom. The van der Waals surface area contributed by atoms with Crippen LogP contribution in [0.4, 0.5) is 0 Å². The number of likely N-dealkylation sites (tertiary alicyclic amines) is 1. The molecule has 2 amide bonds. The minimum Gasteiger partial charge on any atom is -0.285 e. The minimum atomic E-state index is -0.502. The SMILES string of the molecule is Cc1cccc2cc([C@H]3CC(=O)N(C)C3=O)n(-c3ncccn3)c12. The second kappa shape index (κ2) is 5.26. The van der Waals surface area contributed by atoms with Crippen molar-refractivity contribution in [3.63, 3.8) is 0 Å². The quantitative estimate of drug-likeness (QED) is 0.679. The highest BCUT2D eigenvalue weighted by Gasteiger charge is 2.39. The number of fused-ring (bicyclic) bond motifs is 1. The standard InChI is InChI=1S/C18H16N4O2/c1-11-5-3-6-12-9-14(13-10-15(23)21(2)17(13)24)22(16(11)12)18-19-7-4-8-20-18/h3-9,13H,10H2,1-2H3/t13-/m1/s1. The fourth-order valence-electron chi connectivity index (χ4n) is 3.32. The number of benzene rings is 1. The highest BCUT2D eigenvalue weighted by atomic mass is 16.2. The van der Waals surface area contributed by atoms with Crippen LogP contribution in [0.3, 0.4) is 0 Å². The Kier molecular flexibility index (Phi) is 3.19. The van der Waals surface area contributed by atoms with Crippen LogP contribution in [0.15, 0.2) is 42.7 Å². The van der Waals surface area contributed by atoms with E-state index in [1.165, 1.54) is 11.9 Å². The summed E-state index contributed by atoms with van der Waals surface area (Å²) < 4.78 is 1.90. The lowest BCUT2D eigenvalue weighted by atomic mass is 10.0. The zero-order valence-electron chi connectivity index (χ0n) is 13.4. The van der Waals surface area contributed by atoms with Crippen molar-refractivity contribution in [3.8, 4) is 5.95 Å². The van der Waals surface area contributed by atoms with Crippen LogP contribution in [0.25, 0.3) is 16.9 Å². The van der Waals surface area contributed by atoms with Crippen LogP contribution in [0.1, 0.15) is 23.6 Å². The van der Waals surface area contributed by atoms with Gasteiger partial charge in [0.05, 0.1) is 11.4 Å². The van der Waals surface area contributed by atoms with E-state index >= 15 is 0 Å². The number of aromatic nitrogens is 3. The first-order chi connectivity index (χ1) is 11.6. The van der Waals surface area contributed by atoms with Crippen molar-refractivity contribution in [1.82, 2.24) is 19.4 Å². The molecule has 6 nitrogen and oxygen atoms in total. The summed E-state index contributed by atoms with van der Waals surface area (Å²) in [7, 11) is 1.53. The summed E-state index contributed by atoms with van der Waals surface area (Å²) in [4.78, 5) is 34.4. The van der Waals surface area contributed by atoms with E-state index < -0.39 is 5.92 Å². The lowest BCUT2D eigenvalue weighted by Crippen LogP contribution is -2.25. The van der Waals surface area contributed by atoms with Crippen LogP contribution in [-0.2, 0) is 9.59 Å². The van der Waals surface area contributed by atoms with Crippen molar-refractivity contribution in [2.24, 2.45) is 0 Å². The summed E-state index contributed by atoms with van der Waals surface area (Å²) in [6.07, 6.45) is 3.52. The van der Waals surface area contributed by atoms with Crippen molar-refractivity contribution < 1.29 is 9.59 Å². The molecule has 0 saturated carbocycles. The second-order valence-corrected chi connectivity index (χ2v) is 6.01. The Bertz CT molecular complexity index is 962. The third-order valence-corrected chi connectivity index (χ3v) is 4.54. The monoisotopic (exact) mass is 320 g/mol. The third-order valence-electron chi connectivity index (χ3n) is 4.54. The van der Waals surface area contributed by atoms with E-state index in [2.05, 4.69) is 9.97 Å². The number of rotatable bonds is 2. The number of nitrogens with zero attached hydrogens (tertiary/aromatic N) is 4. The molecule has 120 valence electrons. The summed E-state index contributed by atoms with van der Waals surface area (Å²) in [5.74, 6) is -0.338. The largest absolute Gasteiger partial charge is 0.285 e. The molecular weight excluding hydrogens is 304 g/mol. The van der Waals surface area contributed by atoms with Crippen molar-refractivity contribution in [2.75, 3.05) is 7.05 Å². The number of amides is 2. The molecule has 1 fully saturated rings. The average Bonchev–Trinajstić information content (AvgIpc) is 3.10. The molecule has 3 heterocycles. The zero-order valence-corrected chi connectivity index (χ0v) is 13.4. The first kappa shape index (κ1) is 14.6. The van der Waals surface area contributed by atoms with E-state index in [1.807, 2.05) is 35.8 Å². The van der Waals surface area contributed by atoms with Gasteiger partial charge in [0.15, 0.2) is 0 Å². The molecule has 4 rings (SSSR count). The topological polar surface area (TPSA) is 68.1 Å². The fourth-order valence-corrected chi connectivity index (χ4v) is 3.32. The van der Waals surface area contributed by atoms with Gasteiger partial charge < -0.3 is 0 Å². The molecular formula is C18H16N4O2. The lowest BCUT2D eigenvalue weighted by molar-refractivity contribution is -0.137. The molecule has 0 aliphatic carbocycles. The number of likely N-dealkylation sites (N-methyl/N-ethyl adjacent to an activating group) is 1. The van der Waals surface area contributed by atoms with Gasteiger partial charge in [0.25, 0.3) is 0 Å². The first-order valence-electron chi connectivity index (χ1n) is 7.76. The van der Waals surface area contributed by atoms with Crippen molar-refractivity contribution in [1.29, 1.82) is 0 Å². The fraction of sp³-hybridized carbons (Fsp3) is 0.222. The minimum absolute atomic E-state index is 0.160. The number of carbonyl (C=O) groups is 2. The molecule has 2 aromatic heterocycles. The molecule has 3 aromatic rings. The number of para-hydroxylation sites is 1. The van der Waals surface area contributed by atoms with E-state index in [9.17, 15) is 9.59 Å². The van der Waals surface area contributed by atoms with Crippen LogP contribution < -0.4 is 0 Å². The predicted molar refractivity (Wildman–Crippen MR) is 88.7 cm³/mol. The third kappa shape index (κ3) is 2.03. The van der Waals surface area contributed by atoms with Crippen LogP contribution in [0, 0.1) is 6.92 Å². The predicted octanol–water partition coefficient (Wildman–Crippen LogP) is 2.20. The van der Waals surface area contributed by atoms with Crippen molar-refractivity contribution >= 4 is 22.7 Å². The molecule has 1 aromatic carbocycles. The van der Waals surface area contributed by atoms with Gasteiger partial charge in [-0.3, -0.25) is 19.1 Å². The molecule has 0 radical (unpaired) electrons. The van der Waals surface area contributed by atoms with Gasteiger partial charge in [-0.25, -0.2) is 9.97 Å². The second-order valence-electron chi connectivity index (χ2n) is 6.01. The van der Waals surface area contributed by atoms with Gasteiger partial charge in [0.1, 0.15) is 0 Å². The number of aryl methyl sites for hydroxylation is 1. The summed E-state index contributed by atoms with van der Waals surface area (Å²) in [6, 6.07) is 9.70. The molecule has 1 aliphatic heterocycles. The number of imide groups is 1. The molecule has 24 heavy (non-hydrogen) atoms. The zero-order chi connectivity index (χ0) is 16.8. The first-order valence-corrected chi connectivity index (χ1v) is 7.76. The summed E-state index contributed by atoms with van der Waals surface area (Å²) in [5.41, 5.74) is 2.79. The van der Waals surface area contributed by atoms with Crippen LogP contribution in [-0.4, -0.2) is 38.3 Å². The molecule has 0 spiro atoms. The van der Waals surface area contributed by atoms with Gasteiger partial charge in [0, 0.05) is 36.9 Å². The Labute approximate surface area is 138 Å². The van der Waals surface area contributed by atoms with Gasteiger partial charge in [-0.15, -0.1) is 0 Å². The Morgan fingerprint density at radius 3 is 2.54 bits per heavy atom. The Balaban J connectivity index is 2.01.